The lowest BCUT2D eigenvalue weighted by Crippen LogP contribution is -2.64. The number of carbonyl (C=O) groups excluding carboxylic acids is 2. The Hall–Kier alpha value is -3.57. The van der Waals surface area contributed by atoms with Gasteiger partial charge >= 0.3 is 0 Å². The first-order valence-electron chi connectivity index (χ1n) is 13.1. The van der Waals surface area contributed by atoms with Crippen molar-refractivity contribution in [2.75, 3.05) is 0 Å². The third-order valence-electron chi connectivity index (χ3n) is 7.98. The molecule has 1 aromatic heterocycles. The van der Waals surface area contributed by atoms with Gasteiger partial charge in [-0.25, -0.2) is 0 Å². The fourth-order valence-electron chi connectivity index (χ4n) is 6.03. The summed E-state index contributed by atoms with van der Waals surface area (Å²) in [7, 11) is 0. The monoisotopic (exact) mass is 511 g/mol. The Bertz CT molecular complexity index is 1460. The Labute approximate surface area is 222 Å². The number of nitrogens with zero attached hydrogens (tertiary/aromatic N) is 2. The maximum Gasteiger partial charge on any atom is 0.272 e. The van der Waals surface area contributed by atoms with Crippen molar-refractivity contribution in [1.29, 1.82) is 0 Å². The zero-order valence-electron chi connectivity index (χ0n) is 20.7. The molecule has 37 heavy (non-hydrogen) atoms. The Balaban J connectivity index is 1.55. The lowest BCUT2D eigenvalue weighted by molar-refractivity contribution is -0.136. The van der Waals surface area contributed by atoms with Gasteiger partial charge in [0.25, 0.3) is 11.8 Å². The van der Waals surface area contributed by atoms with Crippen LogP contribution in [-0.2, 0) is 23.4 Å². The van der Waals surface area contributed by atoms with Gasteiger partial charge in [0.2, 0.25) is 0 Å². The number of rotatable bonds is 5. The number of hydrogen-bond acceptors (Lipinski definition) is 2. The summed E-state index contributed by atoms with van der Waals surface area (Å²) in [4.78, 5) is 30.7. The van der Waals surface area contributed by atoms with Gasteiger partial charge in [-0.15, -0.1) is 0 Å². The van der Waals surface area contributed by atoms with Crippen LogP contribution in [0.2, 0.25) is 5.02 Å². The van der Waals surface area contributed by atoms with Crippen molar-refractivity contribution >= 4 is 34.3 Å². The Kier molecular flexibility index (Phi) is 6.25. The maximum absolute atomic E-state index is 14.5. The van der Waals surface area contributed by atoms with E-state index in [4.69, 9.17) is 11.6 Å². The van der Waals surface area contributed by atoms with Crippen LogP contribution in [0.3, 0.4) is 0 Å². The summed E-state index contributed by atoms with van der Waals surface area (Å²) < 4.78 is 2.02. The molecule has 2 heterocycles. The van der Waals surface area contributed by atoms with Crippen LogP contribution in [0, 0.1) is 0 Å². The molecule has 188 valence electrons. The van der Waals surface area contributed by atoms with E-state index in [-0.39, 0.29) is 24.4 Å². The molecule has 1 atom stereocenters. The number of halogens is 1. The number of aromatic nitrogens is 1. The van der Waals surface area contributed by atoms with Crippen molar-refractivity contribution in [2.45, 2.75) is 56.8 Å². The molecule has 0 radical (unpaired) electrons. The number of hydrogen-bond donors (Lipinski definition) is 1. The predicted molar refractivity (Wildman–Crippen MR) is 146 cm³/mol. The average molecular weight is 512 g/mol. The molecule has 6 heteroatoms. The van der Waals surface area contributed by atoms with Crippen molar-refractivity contribution < 1.29 is 9.59 Å². The van der Waals surface area contributed by atoms with Crippen molar-refractivity contribution in [3.05, 3.63) is 107 Å². The number of nitrogens with one attached hydrogen (secondary N) is 1. The summed E-state index contributed by atoms with van der Waals surface area (Å²) in [5, 5.41) is 4.94. The van der Waals surface area contributed by atoms with Crippen LogP contribution in [0.5, 0.6) is 0 Å². The van der Waals surface area contributed by atoms with Gasteiger partial charge in [0.15, 0.2) is 5.54 Å². The maximum atomic E-state index is 14.5. The van der Waals surface area contributed by atoms with Crippen LogP contribution in [0.1, 0.15) is 53.7 Å². The van der Waals surface area contributed by atoms with Gasteiger partial charge in [0.05, 0.1) is 6.54 Å². The molecule has 4 aromatic rings. The van der Waals surface area contributed by atoms with Crippen molar-refractivity contribution in [1.82, 2.24) is 14.8 Å². The van der Waals surface area contributed by atoms with E-state index >= 15 is 0 Å². The molecule has 2 aliphatic rings. The highest BCUT2D eigenvalue weighted by Gasteiger charge is 2.53. The van der Waals surface area contributed by atoms with Gasteiger partial charge in [-0.3, -0.25) is 9.59 Å². The largest absolute Gasteiger partial charge is 0.351 e. The summed E-state index contributed by atoms with van der Waals surface area (Å²) >= 11 is 6.59. The van der Waals surface area contributed by atoms with Gasteiger partial charge < -0.3 is 14.8 Å². The molecular formula is C31H30ClN3O2. The Morgan fingerprint density at radius 3 is 2.41 bits per heavy atom. The van der Waals surface area contributed by atoms with Gasteiger partial charge in [0, 0.05) is 28.5 Å². The van der Waals surface area contributed by atoms with E-state index in [0.717, 1.165) is 47.7 Å². The third-order valence-corrected chi connectivity index (χ3v) is 8.34. The molecule has 1 unspecified atom stereocenters. The molecule has 3 aromatic carbocycles. The minimum Gasteiger partial charge on any atom is -0.351 e. The molecule has 1 aliphatic heterocycles. The fraction of sp³-hybridized carbons (Fsp3) is 0.290. The summed E-state index contributed by atoms with van der Waals surface area (Å²) in [5.74, 6) is -0.306. The van der Waals surface area contributed by atoms with Crippen LogP contribution >= 0.6 is 11.6 Å². The second-order valence-electron chi connectivity index (χ2n) is 10.2. The van der Waals surface area contributed by atoms with E-state index in [2.05, 4.69) is 5.32 Å². The SMILES string of the molecule is O=C1c2cc3ccccc3n2CC(C(=O)NC2CCCCC2)(c2ccccc2)N1Cc1ccccc1Cl. The zero-order valence-corrected chi connectivity index (χ0v) is 21.5. The summed E-state index contributed by atoms with van der Waals surface area (Å²) in [6.07, 6.45) is 5.35. The highest BCUT2D eigenvalue weighted by Crippen LogP contribution is 2.41. The Morgan fingerprint density at radius 2 is 1.62 bits per heavy atom. The first kappa shape index (κ1) is 23.8. The smallest absolute Gasteiger partial charge is 0.272 e. The van der Waals surface area contributed by atoms with Crippen LogP contribution in [0.4, 0.5) is 0 Å². The van der Waals surface area contributed by atoms with E-state index in [1.165, 1.54) is 6.42 Å². The second-order valence-corrected chi connectivity index (χ2v) is 10.6. The highest BCUT2D eigenvalue weighted by molar-refractivity contribution is 6.31. The van der Waals surface area contributed by atoms with E-state index < -0.39 is 5.54 Å². The number of para-hydroxylation sites is 1. The molecule has 6 rings (SSSR count). The number of benzene rings is 3. The molecule has 5 nitrogen and oxygen atoms in total. The van der Waals surface area contributed by atoms with Crippen LogP contribution in [-0.4, -0.2) is 27.3 Å². The fourth-order valence-corrected chi connectivity index (χ4v) is 6.22. The topological polar surface area (TPSA) is 54.3 Å². The normalized spacial score (nSPS) is 20.1. The molecule has 1 saturated carbocycles. The zero-order chi connectivity index (χ0) is 25.4. The standard InChI is InChI=1S/C31H30ClN3O2/c32-26-17-9-7-12-23(26)20-35-29(36)28-19-22-11-8-10-18-27(22)34(28)21-31(35,24-13-3-1-4-14-24)30(37)33-25-15-5-2-6-16-25/h1,3-4,7-14,17-19,25H,2,5-6,15-16,20-21H2,(H,33,37). The second kappa shape index (κ2) is 9.71. The van der Waals surface area contributed by atoms with Crippen molar-refractivity contribution in [2.24, 2.45) is 0 Å². The van der Waals surface area contributed by atoms with E-state index in [0.29, 0.717) is 17.3 Å². The number of carbonyl (C=O) groups is 2. The molecule has 1 fully saturated rings. The van der Waals surface area contributed by atoms with Crippen molar-refractivity contribution in [3.8, 4) is 0 Å². The summed E-state index contributed by atoms with van der Waals surface area (Å²) in [6, 6.07) is 27.3. The summed E-state index contributed by atoms with van der Waals surface area (Å²) in [5.41, 5.74) is 1.92. The van der Waals surface area contributed by atoms with E-state index in [9.17, 15) is 9.59 Å². The van der Waals surface area contributed by atoms with Gasteiger partial charge in [-0.05, 0) is 42.2 Å². The molecule has 1 aliphatic carbocycles. The molecule has 1 N–H and O–H groups in total. The highest BCUT2D eigenvalue weighted by atomic mass is 35.5. The summed E-state index contributed by atoms with van der Waals surface area (Å²) in [6.45, 7) is 0.557. The molecule has 2 amide bonds. The minimum atomic E-state index is -1.23. The molecule has 0 spiro atoms. The minimum absolute atomic E-state index is 0.113. The molecule has 0 saturated heterocycles. The van der Waals surface area contributed by atoms with Crippen LogP contribution in [0.15, 0.2) is 84.9 Å². The lowest BCUT2D eigenvalue weighted by atomic mass is 9.83. The lowest BCUT2D eigenvalue weighted by Gasteiger charge is -2.47. The number of amides is 2. The average Bonchev–Trinajstić information content (AvgIpc) is 3.31. The Morgan fingerprint density at radius 1 is 0.919 bits per heavy atom. The van der Waals surface area contributed by atoms with Crippen LogP contribution in [0.25, 0.3) is 10.9 Å². The first-order valence-corrected chi connectivity index (χ1v) is 13.5. The molecule has 0 bridgehead atoms. The van der Waals surface area contributed by atoms with E-state index in [1.807, 2.05) is 89.5 Å². The first-order chi connectivity index (χ1) is 18.1. The van der Waals surface area contributed by atoms with E-state index in [1.54, 1.807) is 4.90 Å². The quantitative estimate of drug-likeness (QED) is 0.342. The predicted octanol–water partition coefficient (Wildman–Crippen LogP) is 6.30. The third kappa shape index (κ3) is 4.11. The van der Waals surface area contributed by atoms with Crippen molar-refractivity contribution in [3.63, 3.8) is 0 Å². The van der Waals surface area contributed by atoms with Gasteiger partial charge in [-0.1, -0.05) is 97.6 Å². The number of fused-ring (bicyclic) bond motifs is 3. The van der Waals surface area contributed by atoms with Crippen LogP contribution < -0.4 is 5.32 Å². The van der Waals surface area contributed by atoms with Gasteiger partial charge in [-0.2, -0.15) is 0 Å². The molecular weight excluding hydrogens is 482 g/mol. The van der Waals surface area contributed by atoms with Gasteiger partial charge in [0.1, 0.15) is 5.69 Å².